The van der Waals surface area contributed by atoms with E-state index < -0.39 is 0 Å². The van der Waals surface area contributed by atoms with Gasteiger partial charge in [-0.2, -0.15) is 0 Å². The van der Waals surface area contributed by atoms with Crippen molar-refractivity contribution in [3.63, 3.8) is 0 Å². The van der Waals surface area contributed by atoms with Gasteiger partial charge >= 0.3 is 0 Å². The number of nitrogens with zero attached hydrogens (tertiary/aromatic N) is 1. The van der Waals surface area contributed by atoms with E-state index in [9.17, 15) is 9.59 Å². The Hall–Kier alpha value is -2.66. The Balaban J connectivity index is 1.57. The van der Waals surface area contributed by atoms with E-state index in [2.05, 4.69) is 15.5 Å². The maximum absolute atomic E-state index is 12.6. The average Bonchev–Trinajstić information content (AvgIpc) is 2.69. The van der Waals surface area contributed by atoms with Crippen LogP contribution in [0.15, 0.2) is 60.7 Å². The number of carbonyl (C=O) groups is 2. The number of piperidine rings is 1. The number of para-hydroxylation sites is 2. The van der Waals surface area contributed by atoms with E-state index in [-0.39, 0.29) is 23.8 Å². The van der Waals surface area contributed by atoms with Crippen molar-refractivity contribution in [3.05, 3.63) is 60.7 Å². The lowest BCUT2D eigenvalue weighted by atomic mass is 9.95. The van der Waals surface area contributed by atoms with Crippen LogP contribution in [0, 0.1) is 5.92 Å². The van der Waals surface area contributed by atoms with Gasteiger partial charge in [-0.3, -0.25) is 14.5 Å². The number of likely N-dealkylation sites (tertiary alicyclic amines) is 1. The molecule has 0 aliphatic carbocycles. The molecule has 2 amide bonds. The molecule has 5 heteroatoms. The van der Waals surface area contributed by atoms with Gasteiger partial charge in [-0.25, -0.2) is 0 Å². The second-order valence-electron chi connectivity index (χ2n) is 6.72. The van der Waals surface area contributed by atoms with Gasteiger partial charge in [-0.05, 0) is 50.6 Å². The number of carbonyl (C=O) groups excluding carboxylic acids is 2. The van der Waals surface area contributed by atoms with E-state index in [4.69, 9.17) is 0 Å². The Morgan fingerprint density at radius 3 is 2.15 bits per heavy atom. The Bertz CT molecular complexity index is 682. The lowest BCUT2D eigenvalue weighted by Gasteiger charge is -2.35. The third-order valence-electron chi connectivity index (χ3n) is 4.83. The van der Waals surface area contributed by atoms with Crippen LogP contribution in [0.25, 0.3) is 0 Å². The largest absolute Gasteiger partial charge is 0.326 e. The van der Waals surface area contributed by atoms with Crippen LogP contribution in [0.4, 0.5) is 11.4 Å². The van der Waals surface area contributed by atoms with E-state index in [1.165, 1.54) is 0 Å². The summed E-state index contributed by atoms with van der Waals surface area (Å²) in [6, 6.07) is 18.7. The van der Waals surface area contributed by atoms with E-state index in [1.807, 2.05) is 67.6 Å². The summed E-state index contributed by atoms with van der Waals surface area (Å²) >= 11 is 0. The van der Waals surface area contributed by atoms with Gasteiger partial charge in [0.05, 0.1) is 12.0 Å². The van der Waals surface area contributed by atoms with Crippen LogP contribution in [0.5, 0.6) is 0 Å². The third-order valence-corrected chi connectivity index (χ3v) is 4.83. The Kier molecular flexibility index (Phi) is 6.02. The number of anilines is 2. The molecule has 0 spiro atoms. The Labute approximate surface area is 154 Å². The molecule has 3 rings (SSSR count). The van der Waals surface area contributed by atoms with Crippen molar-refractivity contribution in [2.45, 2.75) is 25.8 Å². The summed E-state index contributed by atoms with van der Waals surface area (Å²) in [4.78, 5) is 27.2. The van der Waals surface area contributed by atoms with Gasteiger partial charge in [0.2, 0.25) is 11.8 Å². The predicted octanol–water partition coefficient (Wildman–Crippen LogP) is 3.36. The molecule has 1 saturated heterocycles. The standard InChI is InChI=1S/C21H25N3O2/c1-16(20(25)22-18-10-4-2-5-11-18)24-14-8-9-17(15-24)21(26)23-19-12-6-3-7-13-19/h2-7,10-13,16-17H,8-9,14-15H2,1H3,(H,22,25)(H,23,26)/t16-,17+/m1/s1. The Morgan fingerprint density at radius 2 is 1.54 bits per heavy atom. The fourth-order valence-corrected chi connectivity index (χ4v) is 3.27. The minimum atomic E-state index is -0.275. The summed E-state index contributed by atoms with van der Waals surface area (Å²) in [5, 5.41) is 5.92. The fraction of sp³-hybridized carbons (Fsp3) is 0.333. The molecule has 0 unspecified atom stereocenters. The van der Waals surface area contributed by atoms with Crippen molar-refractivity contribution in [1.82, 2.24) is 4.90 Å². The minimum Gasteiger partial charge on any atom is -0.326 e. The van der Waals surface area contributed by atoms with Crippen LogP contribution in [-0.2, 0) is 9.59 Å². The molecular formula is C21H25N3O2. The second-order valence-corrected chi connectivity index (χ2v) is 6.72. The van der Waals surface area contributed by atoms with Crippen LogP contribution in [0.1, 0.15) is 19.8 Å². The van der Waals surface area contributed by atoms with Gasteiger partial charge in [-0.1, -0.05) is 36.4 Å². The highest BCUT2D eigenvalue weighted by molar-refractivity contribution is 5.95. The van der Waals surface area contributed by atoms with Crippen LogP contribution >= 0.6 is 0 Å². The van der Waals surface area contributed by atoms with E-state index in [0.717, 1.165) is 30.8 Å². The van der Waals surface area contributed by atoms with Crippen LogP contribution in [0.2, 0.25) is 0 Å². The molecule has 0 bridgehead atoms. The number of benzene rings is 2. The molecule has 1 fully saturated rings. The lowest BCUT2D eigenvalue weighted by molar-refractivity contribution is -0.125. The van der Waals surface area contributed by atoms with E-state index in [1.54, 1.807) is 0 Å². The lowest BCUT2D eigenvalue weighted by Crippen LogP contribution is -2.49. The summed E-state index contributed by atoms with van der Waals surface area (Å²) in [5.74, 6) is -0.118. The van der Waals surface area contributed by atoms with Crippen molar-refractivity contribution in [3.8, 4) is 0 Å². The third kappa shape index (κ3) is 4.70. The topological polar surface area (TPSA) is 61.4 Å². The zero-order valence-corrected chi connectivity index (χ0v) is 15.0. The molecule has 0 aromatic heterocycles. The van der Waals surface area contributed by atoms with Crippen molar-refractivity contribution in [2.24, 2.45) is 5.92 Å². The average molecular weight is 351 g/mol. The number of nitrogens with one attached hydrogen (secondary N) is 2. The molecule has 2 aromatic carbocycles. The van der Waals surface area contributed by atoms with Crippen LogP contribution < -0.4 is 10.6 Å². The number of amides is 2. The molecule has 1 aliphatic heterocycles. The van der Waals surface area contributed by atoms with Crippen molar-refractivity contribution in [1.29, 1.82) is 0 Å². The normalized spacial score (nSPS) is 18.7. The SMILES string of the molecule is C[C@H](C(=O)Nc1ccccc1)N1CCC[C@H](C(=O)Nc2ccccc2)C1. The molecule has 0 saturated carbocycles. The zero-order valence-electron chi connectivity index (χ0n) is 15.0. The van der Waals surface area contributed by atoms with Gasteiger partial charge in [0.15, 0.2) is 0 Å². The summed E-state index contributed by atoms with van der Waals surface area (Å²) in [6.45, 7) is 3.33. The monoisotopic (exact) mass is 351 g/mol. The minimum absolute atomic E-state index is 0.0246. The van der Waals surface area contributed by atoms with Gasteiger partial charge in [0.1, 0.15) is 0 Å². The summed E-state index contributed by atoms with van der Waals surface area (Å²) in [6.07, 6.45) is 1.76. The first-order chi connectivity index (χ1) is 12.6. The molecule has 1 aliphatic rings. The Morgan fingerprint density at radius 1 is 0.962 bits per heavy atom. The quantitative estimate of drug-likeness (QED) is 0.868. The van der Waals surface area contributed by atoms with Crippen molar-refractivity contribution in [2.75, 3.05) is 23.7 Å². The predicted molar refractivity (Wildman–Crippen MR) is 104 cm³/mol. The smallest absolute Gasteiger partial charge is 0.241 e. The van der Waals surface area contributed by atoms with Gasteiger partial charge in [0, 0.05) is 17.9 Å². The first-order valence-corrected chi connectivity index (χ1v) is 9.09. The maximum Gasteiger partial charge on any atom is 0.241 e. The zero-order chi connectivity index (χ0) is 18.4. The molecule has 26 heavy (non-hydrogen) atoms. The molecular weight excluding hydrogens is 326 g/mol. The first-order valence-electron chi connectivity index (χ1n) is 9.09. The first kappa shape index (κ1) is 18.1. The maximum atomic E-state index is 12.6. The van der Waals surface area contributed by atoms with E-state index in [0.29, 0.717) is 6.54 Å². The van der Waals surface area contributed by atoms with Gasteiger partial charge in [0.25, 0.3) is 0 Å². The molecule has 2 atom stereocenters. The summed E-state index contributed by atoms with van der Waals surface area (Å²) in [5.41, 5.74) is 1.60. The molecule has 2 aromatic rings. The van der Waals surface area contributed by atoms with E-state index >= 15 is 0 Å². The number of hydrogen-bond donors (Lipinski definition) is 2. The second kappa shape index (κ2) is 8.63. The number of hydrogen-bond acceptors (Lipinski definition) is 3. The summed E-state index contributed by atoms with van der Waals surface area (Å²) in [7, 11) is 0. The summed E-state index contributed by atoms with van der Waals surface area (Å²) < 4.78 is 0. The highest BCUT2D eigenvalue weighted by atomic mass is 16.2. The highest BCUT2D eigenvalue weighted by Gasteiger charge is 2.30. The molecule has 136 valence electrons. The fourth-order valence-electron chi connectivity index (χ4n) is 3.27. The van der Waals surface area contributed by atoms with Gasteiger partial charge < -0.3 is 10.6 Å². The van der Waals surface area contributed by atoms with Crippen LogP contribution in [0.3, 0.4) is 0 Å². The highest BCUT2D eigenvalue weighted by Crippen LogP contribution is 2.21. The molecule has 0 radical (unpaired) electrons. The molecule has 5 nitrogen and oxygen atoms in total. The van der Waals surface area contributed by atoms with Crippen molar-refractivity contribution >= 4 is 23.2 Å². The molecule has 1 heterocycles. The molecule has 2 N–H and O–H groups in total. The number of rotatable bonds is 5. The van der Waals surface area contributed by atoms with Crippen LogP contribution in [-0.4, -0.2) is 35.8 Å². The van der Waals surface area contributed by atoms with Gasteiger partial charge in [-0.15, -0.1) is 0 Å². The van der Waals surface area contributed by atoms with Crippen molar-refractivity contribution < 1.29 is 9.59 Å².